The summed E-state index contributed by atoms with van der Waals surface area (Å²) in [4.78, 5) is 19.5. The van der Waals surface area contributed by atoms with Crippen LogP contribution in [0.15, 0.2) is 48.9 Å². The van der Waals surface area contributed by atoms with Gasteiger partial charge in [-0.3, -0.25) is 9.78 Å². The molecule has 0 aliphatic heterocycles. The molecule has 0 radical (unpaired) electrons. The van der Waals surface area contributed by atoms with E-state index in [1.165, 1.54) is 0 Å². The summed E-state index contributed by atoms with van der Waals surface area (Å²) in [6, 6.07) is 9.31. The van der Waals surface area contributed by atoms with Gasteiger partial charge in [0.25, 0.3) is 0 Å². The van der Waals surface area contributed by atoms with Gasteiger partial charge in [-0.25, -0.2) is 0 Å². The molecule has 0 aliphatic rings. The number of aromatic nitrogens is 2. The SMILES string of the molecule is COc1cccc2[nH]cc(C(=O)CNc3ccncc3)c12. The fourth-order valence-electron chi connectivity index (χ4n) is 2.29. The smallest absolute Gasteiger partial charge is 0.184 e. The van der Waals surface area contributed by atoms with Crippen molar-refractivity contribution in [2.24, 2.45) is 0 Å². The van der Waals surface area contributed by atoms with Crippen LogP contribution in [0.25, 0.3) is 10.9 Å². The zero-order chi connectivity index (χ0) is 14.7. The van der Waals surface area contributed by atoms with Crippen LogP contribution in [0.5, 0.6) is 5.75 Å². The van der Waals surface area contributed by atoms with E-state index < -0.39 is 0 Å². The Kier molecular flexibility index (Phi) is 3.55. The molecule has 2 N–H and O–H groups in total. The van der Waals surface area contributed by atoms with Crippen LogP contribution in [0.4, 0.5) is 5.69 Å². The van der Waals surface area contributed by atoms with Gasteiger partial charge in [0, 0.05) is 35.4 Å². The lowest BCUT2D eigenvalue weighted by atomic mass is 10.1. The summed E-state index contributed by atoms with van der Waals surface area (Å²) in [5.41, 5.74) is 2.38. The van der Waals surface area contributed by atoms with Crippen molar-refractivity contribution < 1.29 is 9.53 Å². The summed E-state index contributed by atoms with van der Waals surface area (Å²) in [6.07, 6.45) is 5.09. The molecule has 0 saturated carbocycles. The molecule has 0 unspecified atom stereocenters. The first kappa shape index (κ1) is 13.2. The first-order chi connectivity index (χ1) is 10.3. The second-order valence-electron chi connectivity index (χ2n) is 4.60. The van der Waals surface area contributed by atoms with E-state index in [9.17, 15) is 4.79 Å². The van der Waals surface area contributed by atoms with E-state index in [2.05, 4.69) is 15.3 Å². The Morgan fingerprint density at radius 3 is 2.86 bits per heavy atom. The van der Waals surface area contributed by atoms with Crippen LogP contribution in [0.1, 0.15) is 10.4 Å². The number of H-pyrrole nitrogens is 1. The van der Waals surface area contributed by atoms with E-state index >= 15 is 0 Å². The normalized spacial score (nSPS) is 10.5. The molecule has 21 heavy (non-hydrogen) atoms. The molecular formula is C16H15N3O2. The average molecular weight is 281 g/mol. The Balaban J connectivity index is 1.85. The minimum absolute atomic E-state index is 0.00237. The number of ketones is 1. The third-order valence-electron chi connectivity index (χ3n) is 3.32. The van der Waals surface area contributed by atoms with Crippen molar-refractivity contribution in [3.63, 3.8) is 0 Å². The zero-order valence-corrected chi connectivity index (χ0v) is 11.6. The van der Waals surface area contributed by atoms with E-state index in [0.29, 0.717) is 11.3 Å². The number of nitrogens with one attached hydrogen (secondary N) is 2. The minimum atomic E-state index is 0.00237. The van der Waals surface area contributed by atoms with E-state index in [-0.39, 0.29) is 12.3 Å². The summed E-state index contributed by atoms with van der Waals surface area (Å²) < 4.78 is 5.34. The van der Waals surface area contributed by atoms with E-state index in [1.54, 1.807) is 25.7 Å². The molecule has 0 amide bonds. The van der Waals surface area contributed by atoms with Gasteiger partial charge in [0.15, 0.2) is 5.78 Å². The van der Waals surface area contributed by atoms with Crippen LogP contribution in [0.3, 0.4) is 0 Å². The largest absolute Gasteiger partial charge is 0.496 e. The van der Waals surface area contributed by atoms with Crippen molar-refractivity contribution in [2.45, 2.75) is 0 Å². The second kappa shape index (κ2) is 5.66. The molecule has 5 heteroatoms. The van der Waals surface area contributed by atoms with Crippen LogP contribution >= 0.6 is 0 Å². The number of hydrogen-bond acceptors (Lipinski definition) is 4. The number of fused-ring (bicyclic) bond motifs is 1. The highest BCUT2D eigenvalue weighted by Gasteiger charge is 2.15. The molecule has 0 saturated heterocycles. The fourth-order valence-corrected chi connectivity index (χ4v) is 2.29. The zero-order valence-electron chi connectivity index (χ0n) is 11.6. The molecular weight excluding hydrogens is 266 g/mol. The number of aromatic amines is 1. The van der Waals surface area contributed by atoms with Crippen LogP contribution in [0.2, 0.25) is 0 Å². The summed E-state index contributed by atoms with van der Waals surface area (Å²) in [5, 5.41) is 3.91. The molecule has 5 nitrogen and oxygen atoms in total. The van der Waals surface area contributed by atoms with Gasteiger partial charge in [0.2, 0.25) is 0 Å². The van der Waals surface area contributed by atoms with Crippen LogP contribution < -0.4 is 10.1 Å². The van der Waals surface area contributed by atoms with Crippen molar-refractivity contribution in [3.8, 4) is 5.75 Å². The first-order valence-corrected chi connectivity index (χ1v) is 6.61. The van der Waals surface area contributed by atoms with Crippen molar-refractivity contribution in [3.05, 3.63) is 54.5 Å². The number of hydrogen-bond donors (Lipinski definition) is 2. The van der Waals surface area contributed by atoms with Gasteiger partial charge in [-0.15, -0.1) is 0 Å². The lowest BCUT2D eigenvalue weighted by Crippen LogP contribution is -2.13. The van der Waals surface area contributed by atoms with Crippen molar-refractivity contribution in [2.75, 3.05) is 19.0 Å². The van der Waals surface area contributed by atoms with E-state index in [4.69, 9.17) is 4.74 Å². The van der Waals surface area contributed by atoms with Crippen LogP contribution in [-0.2, 0) is 0 Å². The van der Waals surface area contributed by atoms with Crippen molar-refractivity contribution in [1.29, 1.82) is 0 Å². The lowest BCUT2D eigenvalue weighted by molar-refractivity contribution is 0.101. The summed E-state index contributed by atoms with van der Waals surface area (Å²) in [6.45, 7) is 0.217. The maximum absolute atomic E-state index is 12.4. The summed E-state index contributed by atoms with van der Waals surface area (Å²) in [5.74, 6) is 0.698. The molecule has 1 aromatic carbocycles. The molecule has 2 aromatic heterocycles. The number of benzene rings is 1. The third kappa shape index (κ3) is 2.58. The number of carbonyl (C=O) groups excluding carboxylic acids is 1. The number of anilines is 1. The molecule has 0 aliphatic carbocycles. The van der Waals surface area contributed by atoms with Gasteiger partial charge >= 0.3 is 0 Å². The van der Waals surface area contributed by atoms with Gasteiger partial charge in [0.05, 0.1) is 19.0 Å². The number of methoxy groups -OCH3 is 1. The topological polar surface area (TPSA) is 67.0 Å². The molecule has 0 spiro atoms. The number of carbonyl (C=O) groups is 1. The maximum Gasteiger partial charge on any atom is 0.184 e. The molecule has 3 aromatic rings. The highest BCUT2D eigenvalue weighted by atomic mass is 16.5. The molecule has 2 heterocycles. The van der Waals surface area contributed by atoms with Gasteiger partial charge in [0.1, 0.15) is 5.75 Å². The Bertz CT molecular complexity index is 766. The van der Waals surface area contributed by atoms with Gasteiger partial charge in [-0.1, -0.05) is 6.07 Å². The molecule has 3 rings (SSSR count). The van der Waals surface area contributed by atoms with E-state index in [0.717, 1.165) is 16.6 Å². The average Bonchev–Trinajstić information content (AvgIpc) is 2.97. The number of rotatable bonds is 5. The van der Waals surface area contributed by atoms with Crippen LogP contribution in [-0.4, -0.2) is 29.4 Å². The van der Waals surface area contributed by atoms with Crippen molar-refractivity contribution in [1.82, 2.24) is 9.97 Å². The Hall–Kier alpha value is -2.82. The highest BCUT2D eigenvalue weighted by Crippen LogP contribution is 2.28. The Morgan fingerprint density at radius 1 is 1.29 bits per heavy atom. The summed E-state index contributed by atoms with van der Waals surface area (Å²) >= 11 is 0. The Morgan fingerprint density at radius 2 is 2.10 bits per heavy atom. The maximum atomic E-state index is 12.4. The standard InChI is InChI=1S/C16H15N3O2/c1-21-15-4-2-3-13-16(15)12(9-19-13)14(20)10-18-11-5-7-17-8-6-11/h2-9,19H,10H2,1H3,(H,17,18). The minimum Gasteiger partial charge on any atom is -0.496 e. The number of ether oxygens (including phenoxy) is 1. The number of pyridine rings is 1. The van der Waals surface area contributed by atoms with E-state index in [1.807, 2.05) is 30.3 Å². The number of Topliss-reactive ketones (excluding diaryl/α,β-unsaturated/α-hetero) is 1. The third-order valence-corrected chi connectivity index (χ3v) is 3.32. The van der Waals surface area contributed by atoms with Gasteiger partial charge in [-0.2, -0.15) is 0 Å². The molecule has 0 fully saturated rings. The fraction of sp³-hybridized carbons (Fsp3) is 0.125. The molecule has 106 valence electrons. The lowest BCUT2D eigenvalue weighted by Gasteiger charge is -2.06. The number of nitrogens with zero attached hydrogens (tertiary/aromatic N) is 1. The summed E-state index contributed by atoms with van der Waals surface area (Å²) in [7, 11) is 1.60. The van der Waals surface area contributed by atoms with Crippen molar-refractivity contribution >= 4 is 22.4 Å². The van der Waals surface area contributed by atoms with Gasteiger partial charge in [-0.05, 0) is 24.3 Å². The monoisotopic (exact) mass is 281 g/mol. The highest BCUT2D eigenvalue weighted by molar-refractivity contribution is 6.11. The molecule has 0 bridgehead atoms. The predicted molar refractivity (Wildman–Crippen MR) is 81.9 cm³/mol. The van der Waals surface area contributed by atoms with Gasteiger partial charge < -0.3 is 15.0 Å². The quantitative estimate of drug-likeness (QED) is 0.706. The van der Waals surface area contributed by atoms with Crippen LogP contribution in [0, 0.1) is 0 Å². The first-order valence-electron chi connectivity index (χ1n) is 6.61. The predicted octanol–water partition coefficient (Wildman–Crippen LogP) is 2.87. The second-order valence-corrected chi connectivity index (χ2v) is 4.60. The molecule has 0 atom stereocenters. The Labute approximate surface area is 122 Å².